The zero-order valence-electron chi connectivity index (χ0n) is 10.7. The number of hydrogen-bond donors (Lipinski definition) is 1. The fourth-order valence-corrected chi connectivity index (χ4v) is 2.53. The normalized spacial score (nSPS) is 26.1. The van der Waals surface area contributed by atoms with E-state index in [1.54, 1.807) is 0 Å². The molecule has 1 N–H and O–H groups in total. The molecule has 0 saturated heterocycles. The zero-order chi connectivity index (χ0) is 12.7. The zero-order valence-corrected chi connectivity index (χ0v) is 10.7. The molecule has 1 fully saturated rings. The molecule has 0 amide bonds. The molecule has 1 rings (SSSR count). The van der Waals surface area contributed by atoms with Gasteiger partial charge in [-0.15, -0.1) is 0 Å². The molecule has 0 aliphatic heterocycles. The van der Waals surface area contributed by atoms with Gasteiger partial charge < -0.3 is 5.32 Å². The first-order chi connectivity index (χ1) is 8.01. The second kappa shape index (κ2) is 7.24. The Morgan fingerprint density at radius 2 is 1.71 bits per heavy atom. The molecule has 0 radical (unpaired) electrons. The van der Waals surface area contributed by atoms with E-state index >= 15 is 0 Å². The lowest BCUT2D eigenvalue weighted by molar-refractivity contribution is -0.135. The van der Waals surface area contributed by atoms with E-state index in [0.717, 1.165) is 12.5 Å². The van der Waals surface area contributed by atoms with Crippen molar-refractivity contribution in [2.45, 2.75) is 70.5 Å². The Balaban J connectivity index is 1.97. The first-order valence-corrected chi connectivity index (χ1v) is 6.81. The van der Waals surface area contributed by atoms with Crippen LogP contribution >= 0.6 is 0 Å². The number of nitrogens with one attached hydrogen (secondary N) is 1. The highest BCUT2D eigenvalue weighted by Gasteiger charge is 2.26. The van der Waals surface area contributed by atoms with E-state index in [0.29, 0.717) is 12.5 Å². The van der Waals surface area contributed by atoms with E-state index in [1.807, 2.05) is 0 Å². The summed E-state index contributed by atoms with van der Waals surface area (Å²) in [5.74, 6) is 0.873. The summed E-state index contributed by atoms with van der Waals surface area (Å²) < 4.78 is 35.7. The Morgan fingerprint density at radius 1 is 1.06 bits per heavy atom. The Labute approximate surface area is 102 Å². The van der Waals surface area contributed by atoms with Gasteiger partial charge in [0.1, 0.15) is 0 Å². The number of hydrogen-bond acceptors (Lipinski definition) is 1. The van der Waals surface area contributed by atoms with Crippen molar-refractivity contribution >= 4 is 0 Å². The van der Waals surface area contributed by atoms with Gasteiger partial charge in [0, 0.05) is 12.5 Å². The summed E-state index contributed by atoms with van der Waals surface area (Å²) >= 11 is 0. The van der Waals surface area contributed by atoms with Crippen LogP contribution < -0.4 is 5.32 Å². The SMILES string of the molecule is CCC1CCC(NCCCCC(F)(F)F)CC1. The van der Waals surface area contributed by atoms with Gasteiger partial charge in [0.2, 0.25) is 0 Å². The molecule has 1 aliphatic carbocycles. The van der Waals surface area contributed by atoms with Crippen molar-refractivity contribution in [3.05, 3.63) is 0 Å². The summed E-state index contributed by atoms with van der Waals surface area (Å²) in [6.45, 7) is 2.97. The van der Waals surface area contributed by atoms with Gasteiger partial charge in [-0.3, -0.25) is 0 Å². The van der Waals surface area contributed by atoms with Gasteiger partial charge in [0.15, 0.2) is 0 Å². The monoisotopic (exact) mass is 251 g/mol. The van der Waals surface area contributed by atoms with Gasteiger partial charge in [0.05, 0.1) is 0 Å². The highest BCUT2D eigenvalue weighted by atomic mass is 19.4. The van der Waals surface area contributed by atoms with E-state index in [1.165, 1.54) is 32.1 Å². The molecule has 0 aromatic carbocycles. The van der Waals surface area contributed by atoms with Crippen LogP contribution in [0.2, 0.25) is 0 Å². The predicted octanol–water partition coefficient (Wildman–Crippen LogP) is 4.28. The quantitative estimate of drug-likeness (QED) is 0.695. The van der Waals surface area contributed by atoms with Gasteiger partial charge in [-0.25, -0.2) is 0 Å². The molecule has 0 aromatic rings. The smallest absolute Gasteiger partial charge is 0.314 e. The average molecular weight is 251 g/mol. The highest BCUT2D eigenvalue weighted by molar-refractivity contribution is 4.76. The van der Waals surface area contributed by atoms with Crippen LogP contribution in [0.25, 0.3) is 0 Å². The Morgan fingerprint density at radius 3 is 2.24 bits per heavy atom. The molecule has 102 valence electrons. The standard InChI is InChI=1S/C13H24F3N/c1-2-11-5-7-12(8-6-11)17-10-4-3-9-13(14,15)16/h11-12,17H,2-10H2,1H3. The van der Waals surface area contributed by atoms with E-state index in [9.17, 15) is 13.2 Å². The van der Waals surface area contributed by atoms with Crippen LogP contribution in [0.5, 0.6) is 0 Å². The van der Waals surface area contributed by atoms with Crippen LogP contribution in [0.4, 0.5) is 13.2 Å². The first-order valence-electron chi connectivity index (χ1n) is 6.81. The summed E-state index contributed by atoms with van der Waals surface area (Å²) in [5.41, 5.74) is 0. The van der Waals surface area contributed by atoms with Crippen molar-refractivity contribution in [2.75, 3.05) is 6.54 Å². The molecular formula is C13H24F3N. The number of alkyl halides is 3. The average Bonchev–Trinajstić information content (AvgIpc) is 2.28. The molecule has 0 spiro atoms. The third-order valence-corrected chi connectivity index (χ3v) is 3.74. The van der Waals surface area contributed by atoms with Crippen molar-refractivity contribution < 1.29 is 13.2 Å². The Bertz CT molecular complexity index is 195. The summed E-state index contributed by atoms with van der Waals surface area (Å²) in [5, 5.41) is 3.39. The lowest BCUT2D eigenvalue weighted by atomic mass is 9.84. The van der Waals surface area contributed by atoms with E-state index in [-0.39, 0.29) is 6.42 Å². The van der Waals surface area contributed by atoms with Crippen molar-refractivity contribution in [2.24, 2.45) is 5.92 Å². The van der Waals surface area contributed by atoms with E-state index < -0.39 is 12.6 Å². The number of rotatable bonds is 6. The van der Waals surface area contributed by atoms with Crippen LogP contribution in [0.1, 0.15) is 58.3 Å². The molecule has 4 heteroatoms. The van der Waals surface area contributed by atoms with Gasteiger partial charge in [-0.2, -0.15) is 13.2 Å². The molecule has 0 bridgehead atoms. The molecule has 1 nitrogen and oxygen atoms in total. The maximum Gasteiger partial charge on any atom is 0.389 e. The van der Waals surface area contributed by atoms with E-state index in [4.69, 9.17) is 0 Å². The maximum absolute atomic E-state index is 11.9. The summed E-state index contributed by atoms with van der Waals surface area (Å²) in [7, 11) is 0. The number of unbranched alkanes of at least 4 members (excludes halogenated alkanes) is 1. The fourth-order valence-electron chi connectivity index (χ4n) is 2.53. The largest absolute Gasteiger partial charge is 0.389 e. The minimum atomic E-state index is -3.99. The van der Waals surface area contributed by atoms with Crippen LogP contribution in [0.15, 0.2) is 0 Å². The number of halogens is 3. The van der Waals surface area contributed by atoms with Crippen molar-refractivity contribution in [3.8, 4) is 0 Å². The molecule has 1 aliphatic rings. The second-order valence-corrected chi connectivity index (χ2v) is 5.15. The summed E-state index contributed by atoms with van der Waals surface area (Å²) in [6.07, 6.45) is 2.45. The van der Waals surface area contributed by atoms with E-state index in [2.05, 4.69) is 12.2 Å². The molecule has 1 saturated carbocycles. The van der Waals surface area contributed by atoms with Gasteiger partial charge in [-0.1, -0.05) is 13.3 Å². The predicted molar refractivity (Wildman–Crippen MR) is 63.9 cm³/mol. The third kappa shape index (κ3) is 6.92. The molecule has 17 heavy (non-hydrogen) atoms. The summed E-state index contributed by atoms with van der Waals surface area (Å²) in [6, 6.07) is 0.545. The fraction of sp³-hybridized carbons (Fsp3) is 1.00. The van der Waals surface area contributed by atoms with Gasteiger partial charge in [0.25, 0.3) is 0 Å². The minimum Gasteiger partial charge on any atom is -0.314 e. The minimum absolute atomic E-state index is 0.251. The van der Waals surface area contributed by atoms with Crippen LogP contribution in [0, 0.1) is 5.92 Å². The Hall–Kier alpha value is -0.250. The maximum atomic E-state index is 11.9. The van der Waals surface area contributed by atoms with Crippen molar-refractivity contribution in [1.82, 2.24) is 5.32 Å². The van der Waals surface area contributed by atoms with Gasteiger partial charge >= 0.3 is 6.18 Å². The highest BCUT2D eigenvalue weighted by Crippen LogP contribution is 2.26. The molecule has 0 atom stereocenters. The van der Waals surface area contributed by atoms with Crippen LogP contribution in [-0.2, 0) is 0 Å². The third-order valence-electron chi connectivity index (χ3n) is 3.74. The topological polar surface area (TPSA) is 12.0 Å². The molecular weight excluding hydrogens is 227 g/mol. The molecule has 0 unspecified atom stereocenters. The van der Waals surface area contributed by atoms with Gasteiger partial charge in [-0.05, 0) is 51.0 Å². The lowest BCUT2D eigenvalue weighted by Gasteiger charge is -2.28. The molecule has 0 heterocycles. The lowest BCUT2D eigenvalue weighted by Crippen LogP contribution is -2.33. The summed E-state index contributed by atoms with van der Waals surface area (Å²) in [4.78, 5) is 0. The second-order valence-electron chi connectivity index (χ2n) is 5.15. The molecule has 0 aromatic heterocycles. The first kappa shape index (κ1) is 14.8. The van der Waals surface area contributed by atoms with Crippen molar-refractivity contribution in [1.29, 1.82) is 0 Å². The van der Waals surface area contributed by atoms with Crippen molar-refractivity contribution in [3.63, 3.8) is 0 Å². The Kier molecular flexibility index (Phi) is 6.31. The van der Waals surface area contributed by atoms with Crippen LogP contribution in [-0.4, -0.2) is 18.8 Å². The van der Waals surface area contributed by atoms with Crippen LogP contribution in [0.3, 0.4) is 0 Å².